The zero-order chi connectivity index (χ0) is 10.6. The van der Waals surface area contributed by atoms with Crippen molar-refractivity contribution in [2.75, 3.05) is 5.32 Å². The van der Waals surface area contributed by atoms with Crippen molar-refractivity contribution in [1.82, 2.24) is 0 Å². The van der Waals surface area contributed by atoms with E-state index < -0.39 is 0 Å². The minimum absolute atomic E-state index is 0.0296. The highest BCUT2D eigenvalue weighted by Crippen LogP contribution is 2.13. The van der Waals surface area contributed by atoms with Crippen molar-refractivity contribution in [3.05, 3.63) is 16.8 Å². The molecule has 0 aromatic carbocycles. The molecule has 0 aliphatic heterocycles. The Morgan fingerprint density at radius 3 is 2.86 bits per heavy atom. The summed E-state index contributed by atoms with van der Waals surface area (Å²) in [4.78, 5) is 11.4. The summed E-state index contributed by atoms with van der Waals surface area (Å²) < 4.78 is 0. The summed E-state index contributed by atoms with van der Waals surface area (Å²) in [7, 11) is 0. The van der Waals surface area contributed by atoms with Gasteiger partial charge in [0.25, 0.3) is 0 Å². The predicted molar refractivity (Wildman–Crippen MR) is 60.4 cm³/mol. The molecule has 0 saturated carbocycles. The van der Waals surface area contributed by atoms with Gasteiger partial charge in [0.05, 0.1) is 5.69 Å². The van der Waals surface area contributed by atoms with Gasteiger partial charge < -0.3 is 11.1 Å². The molecule has 3 N–H and O–H groups in total. The molecule has 14 heavy (non-hydrogen) atoms. The van der Waals surface area contributed by atoms with E-state index >= 15 is 0 Å². The molecule has 0 spiro atoms. The molecule has 0 saturated heterocycles. The lowest BCUT2D eigenvalue weighted by atomic mass is 10.00. The quantitative estimate of drug-likeness (QED) is 0.804. The van der Waals surface area contributed by atoms with Gasteiger partial charge in [-0.3, -0.25) is 4.79 Å². The van der Waals surface area contributed by atoms with Crippen LogP contribution in [0, 0.1) is 0 Å². The van der Waals surface area contributed by atoms with Crippen molar-refractivity contribution in [1.29, 1.82) is 0 Å². The van der Waals surface area contributed by atoms with E-state index in [9.17, 15) is 4.79 Å². The van der Waals surface area contributed by atoms with E-state index in [2.05, 4.69) is 5.32 Å². The Morgan fingerprint density at radius 2 is 2.36 bits per heavy atom. The number of carbonyl (C=O) groups excluding carboxylic acids is 1. The fraction of sp³-hybridized carbons (Fsp3) is 0.500. The van der Waals surface area contributed by atoms with Crippen molar-refractivity contribution < 1.29 is 4.79 Å². The average Bonchev–Trinajstić information content (AvgIpc) is 2.52. The minimum Gasteiger partial charge on any atom is -0.326 e. The molecule has 3 nitrogen and oxygen atoms in total. The third kappa shape index (κ3) is 4.39. The summed E-state index contributed by atoms with van der Waals surface area (Å²) in [6.45, 7) is 3.84. The Hall–Kier alpha value is -0.870. The molecule has 1 aromatic heterocycles. The fourth-order valence-corrected chi connectivity index (χ4v) is 1.58. The van der Waals surface area contributed by atoms with E-state index in [4.69, 9.17) is 5.73 Å². The molecule has 0 atom stereocenters. The van der Waals surface area contributed by atoms with Gasteiger partial charge in [-0.2, -0.15) is 11.3 Å². The van der Waals surface area contributed by atoms with Crippen LogP contribution >= 0.6 is 11.3 Å². The van der Waals surface area contributed by atoms with Crippen LogP contribution in [0.15, 0.2) is 16.8 Å². The Labute approximate surface area is 88.3 Å². The molecule has 0 aliphatic carbocycles. The van der Waals surface area contributed by atoms with Gasteiger partial charge in [0.15, 0.2) is 0 Å². The summed E-state index contributed by atoms with van der Waals surface area (Å²) in [5.74, 6) is 0.0296. The third-order valence-corrected chi connectivity index (χ3v) is 2.48. The second-order valence-corrected chi connectivity index (χ2v) is 4.83. The zero-order valence-corrected chi connectivity index (χ0v) is 9.36. The molecular formula is C10H16N2OS. The normalized spacial score (nSPS) is 11.4. The van der Waals surface area contributed by atoms with Gasteiger partial charge in [-0.25, -0.2) is 0 Å². The Balaban J connectivity index is 2.30. The second-order valence-electron chi connectivity index (χ2n) is 4.05. The summed E-state index contributed by atoms with van der Waals surface area (Å²) >= 11 is 1.57. The predicted octanol–water partition coefficient (Wildman–Crippen LogP) is 2.20. The first-order valence-electron chi connectivity index (χ1n) is 4.58. The maximum absolute atomic E-state index is 11.4. The summed E-state index contributed by atoms with van der Waals surface area (Å²) in [6, 6.07) is 1.89. The average molecular weight is 212 g/mol. The van der Waals surface area contributed by atoms with Crippen LogP contribution in [-0.4, -0.2) is 11.4 Å². The molecule has 1 amide bonds. The lowest BCUT2D eigenvalue weighted by molar-refractivity contribution is -0.116. The topological polar surface area (TPSA) is 55.1 Å². The van der Waals surface area contributed by atoms with Gasteiger partial charge in [-0.15, -0.1) is 0 Å². The lowest BCUT2D eigenvalue weighted by Crippen LogP contribution is -2.33. The summed E-state index contributed by atoms with van der Waals surface area (Å²) in [5.41, 5.74) is 6.38. The Morgan fingerprint density at radius 1 is 1.64 bits per heavy atom. The van der Waals surface area contributed by atoms with Crippen LogP contribution in [0.1, 0.15) is 26.7 Å². The van der Waals surface area contributed by atoms with E-state index in [1.54, 1.807) is 11.3 Å². The van der Waals surface area contributed by atoms with Crippen molar-refractivity contribution in [3.8, 4) is 0 Å². The standard InChI is InChI=1S/C10H16N2OS/c1-10(2,11)5-3-9(13)12-8-4-6-14-7-8/h4,6-7H,3,5,11H2,1-2H3,(H,12,13). The summed E-state index contributed by atoms with van der Waals surface area (Å²) in [5, 5.41) is 6.65. The van der Waals surface area contributed by atoms with Crippen LogP contribution in [0.4, 0.5) is 5.69 Å². The monoisotopic (exact) mass is 212 g/mol. The van der Waals surface area contributed by atoms with Gasteiger partial charge in [-0.1, -0.05) is 0 Å². The van der Waals surface area contributed by atoms with E-state index in [0.29, 0.717) is 12.8 Å². The number of thiophene rings is 1. The maximum atomic E-state index is 11.4. The number of carbonyl (C=O) groups is 1. The van der Waals surface area contributed by atoms with Gasteiger partial charge in [0.2, 0.25) is 5.91 Å². The number of nitrogens with two attached hydrogens (primary N) is 1. The van der Waals surface area contributed by atoms with E-state index in [0.717, 1.165) is 5.69 Å². The number of rotatable bonds is 4. The first kappa shape index (κ1) is 11.2. The first-order chi connectivity index (χ1) is 6.47. The minimum atomic E-state index is -0.272. The SMILES string of the molecule is CC(C)(N)CCC(=O)Nc1ccsc1. The van der Waals surface area contributed by atoms with Crippen molar-refractivity contribution in [2.45, 2.75) is 32.2 Å². The van der Waals surface area contributed by atoms with Crippen LogP contribution < -0.4 is 11.1 Å². The molecule has 0 bridgehead atoms. The molecule has 78 valence electrons. The highest BCUT2D eigenvalue weighted by atomic mass is 32.1. The van der Waals surface area contributed by atoms with Gasteiger partial charge >= 0.3 is 0 Å². The van der Waals surface area contributed by atoms with Crippen molar-refractivity contribution in [3.63, 3.8) is 0 Å². The molecule has 1 heterocycles. The first-order valence-corrected chi connectivity index (χ1v) is 5.52. The number of anilines is 1. The lowest BCUT2D eigenvalue weighted by Gasteiger charge is -2.17. The Kier molecular flexibility index (Phi) is 3.66. The van der Waals surface area contributed by atoms with Crippen molar-refractivity contribution in [2.24, 2.45) is 5.73 Å². The van der Waals surface area contributed by atoms with Gasteiger partial charge in [-0.05, 0) is 31.7 Å². The molecular weight excluding hydrogens is 196 g/mol. The largest absolute Gasteiger partial charge is 0.326 e. The van der Waals surface area contributed by atoms with Crippen LogP contribution in [0.3, 0.4) is 0 Å². The number of amides is 1. The molecule has 1 rings (SSSR count). The third-order valence-electron chi connectivity index (χ3n) is 1.80. The van der Waals surface area contributed by atoms with Crippen LogP contribution in [0.25, 0.3) is 0 Å². The van der Waals surface area contributed by atoms with E-state index in [-0.39, 0.29) is 11.4 Å². The molecule has 0 fully saturated rings. The number of hydrogen-bond donors (Lipinski definition) is 2. The second kappa shape index (κ2) is 4.57. The van der Waals surface area contributed by atoms with E-state index in [1.807, 2.05) is 30.7 Å². The van der Waals surface area contributed by atoms with Crippen LogP contribution in [-0.2, 0) is 4.79 Å². The van der Waals surface area contributed by atoms with Crippen LogP contribution in [0.2, 0.25) is 0 Å². The number of hydrogen-bond acceptors (Lipinski definition) is 3. The van der Waals surface area contributed by atoms with Crippen molar-refractivity contribution >= 4 is 22.9 Å². The zero-order valence-electron chi connectivity index (χ0n) is 8.54. The highest BCUT2D eigenvalue weighted by Gasteiger charge is 2.13. The van der Waals surface area contributed by atoms with E-state index in [1.165, 1.54) is 0 Å². The smallest absolute Gasteiger partial charge is 0.224 e. The summed E-state index contributed by atoms with van der Waals surface area (Å²) in [6.07, 6.45) is 1.17. The maximum Gasteiger partial charge on any atom is 0.224 e. The molecule has 0 unspecified atom stereocenters. The molecule has 1 aromatic rings. The molecule has 0 aliphatic rings. The highest BCUT2D eigenvalue weighted by molar-refractivity contribution is 7.08. The fourth-order valence-electron chi connectivity index (χ4n) is 0.995. The number of nitrogens with one attached hydrogen (secondary N) is 1. The van der Waals surface area contributed by atoms with Crippen LogP contribution in [0.5, 0.6) is 0 Å². The van der Waals surface area contributed by atoms with Gasteiger partial charge in [0, 0.05) is 17.3 Å². The van der Waals surface area contributed by atoms with Gasteiger partial charge in [0.1, 0.15) is 0 Å². The Bertz CT molecular complexity index is 288. The molecule has 4 heteroatoms. The molecule has 0 radical (unpaired) electrons.